The largest absolute Gasteiger partial charge is 0.446 e. The Morgan fingerprint density at radius 1 is 1.05 bits per heavy atom. The molecule has 0 saturated carbocycles. The molecule has 0 aliphatic rings. The van der Waals surface area contributed by atoms with Gasteiger partial charge in [-0.05, 0) is 42.4 Å². The zero-order valence-electron chi connectivity index (χ0n) is 11.1. The van der Waals surface area contributed by atoms with Gasteiger partial charge in [0.05, 0.1) is 0 Å². The van der Waals surface area contributed by atoms with Gasteiger partial charge in [0, 0.05) is 11.4 Å². The van der Waals surface area contributed by atoms with E-state index in [-0.39, 0.29) is 16.7 Å². The summed E-state index contributed by atoms with van der Waals surface area (Å²) < 4.78 is 36.4. The Bertz CT molecular complexity index is 349. The van der Waals surface area contributed by atoms with Gasteiger partial charge in [-0.25, -0.2) is 0 Å². The number of unbranched alkanes of at least 4 members (excludes halogenated alkanes) is 3. The summed E-state index contributed by atoms with van der Waals surface area (Å²) in [5.41, 5.74) is -3.19. The van der Waals surface area contributed by atoms with Crippen molar-refractivity contribution in [1.29, 1.82) is 0 Å². The predicted octanol–water partition coefficient (Wildman–Crippen LogP) is 4.97. The van der Waals surface area contributed by atoms with Crippen molar-refractivity contribution in [3.8, 4) is 0 Å². The van der Waals surface area contributed by atoms with Crippen molar-refractivity contribution in [2.75, 3.05) is 6.54 Å². The lowest BCUT2D eigenvalue weighted by Gasteiger charge is -2.07. The molecular formula is C14H20F3NS. The summed E-state index contributed by atoms with van der Waals surface area (Å²) in [5, 5.41) is 3.30. The van der Waals surface area contributed by atoms with Crippen LogP contribution in [0.5, 0.6) is 0 Å². The first kappa shape index (κ1) is 16.4. The maximum Gasteiger partial charge on any atom is 0.446 e. The van der Waals surface area contributed by atoms with Gasteiger partial charge in [0.2, 0.25) is 0 Å². The number of thioether (sulfide) groups is 1. The Morgan fingerprint density at radius 2 is 1.74 bits per heavy atom. The van der Waals surface area contributed by atoms with Crippen LogP contribution in [0, 0.1) is 0 Å². The summed E-state index contributed by atoms with van der Waals surface area (Å²) in [7, 11) is 0. The summed E-state index contributed by atoms with van der Waals surface area (Å²) in [6.07, 6.45) is 4.85. The maximum absolute atomic E-state index is 12.1. The van der Waals surface area contributed by atoms with E-state index in [9.17, 15) is 13.2 Å². The molecule has 0 aliphatic carbocycles. The highest BCUT2D eigenvalue weighted by molar-refractivity contribution is 8.00. The van der Waals surface area contributed by atoms with Gasteiger partial charge in [-0.2, -0.15) is 13.2 Å². The Morgan fingerprint density at radius 3 is 2.32 bits per heavy atom. The molecule has 0 bridgehead atoms. The van der Waals surface area contributed by atoms with Crippen LogP contribution in [-0.4, -0.2) is 12.1 Å². The summed E-state index contributed by atoms with van der Waals surface area (Å²) in [6.45, 7) is 3.84. The third-order valence-electron chi connectivity index (χ3n) is 2.69. The lowest BCUT2D eigenvalue weighted by atomic mass is 10.2. The van der Waals surface area contributed by atoms with E-state index in [1.807, 2.05) is 0 Å². The predicted molar refractivity (Wildman–Crippen MR) is 74.2 cm³/mol. The summed E-state index contributed by atoms with van der Waals surface area (Å²) in [4.78, 5) is 0.235. The molecule has 0 fully saturated rings. The van der Waals surface area contributed by atoms with E-state index in [4.69, 9.17) is 0 Å². The highest BCUT2D eigenvalue weighted by Crippen LogP contribution is 2.36. The minimum absolute atomic E-state index is 0.0735. The molecule has 5 heteroatoms. The van der Waals surface area contributed by atoms with Crippen LogP contribution in [0.4, 0.5) is 13.2 Å². The average molecular weight is 291 g/mol. The monoisotopic (exact) mass is 291 g/mol. The van der Waals surface area contributed by atoms with Crippen LogP contribution in [0.2, 0.25) is 0 Å². The third kappa shape index (κ3) is 8.16. The molecule has 0 unspecified atom stereocenters. The minimum atomic E-state index is -4.21. The van der Waals surface area contributed by atoms with Crippen molar-refractivity contribution in [3.05, 3.63) is 29.8 Å². The first-order valence-corrected chi connectivity index (χ1v) is 7.38. The molecule has 0 aliphatic heterocycles. The van der Waals surface area contributed by atoms with Crippen LogP contribution >= 0.6 is 11.8 Å². The van der Waals surface area contributed by atoms with Gasteiger partial charge in [0.15, 0.2) is 0 Å². The van der Waals surface area contributed by atoms with E-state index in [0.717, 1.165) is 18.5 Å². The summed E-state index contributed by atoms with van der Waals surface area (Å²) >= 11 is -0.0735. The molecule has 1 N–H and O–H groups in total. The zero-order valence-corrected chi connectivity index (χ0v) is 11.9. The van der Waals surface area contributed by atoms with Gasteiger partial charge in [-0.15, -0.1) is 0 Å². The van der Waals surface area contributed by atoms with Crippen molar-refractivity contribution >= 4 is 11.8 Å². The zero-order chi connectivity index (χ0) is 14.1. The smallest absolute Gasteiger partial charge is 0.313 e. The Hall–Kier alpha value is -0.680. The first-order chi connectivity index (χ1) is 9.01. The Labute approximate surface area is 117 Å². The highest BCUT2D eigenvalue weighted by Gasteiger charge is 2.28. The molecule has 0 saturated heterocycles. The van der Waals surface area contributed by atoms with E-state index in [2.05, 4.69) is 12.2 Å². The van der Waals surface area contributed by atoms with Crippen molar-refractivity contribution in [1.82, 2.24) is 5.32 Å². The van der Waals surface area contributed by atoms with Crippen LogP contribution in [-0.2, 0) is 6.54 Å². The standard InChI is InChI=1S/C14H20F3NS/c1-2-3-4-5-10-18-11-12-6-8-13(9-7-12)19-14(15,16)17/h6-9,18H,2-5,10-11H2,1H3. The minimum Gasteiger partial charge on any atom is -0.313 e. The molecular weight excluding hydrogens is 271 g/mol. The fourth-order valence-electron chi connectivity index (χ4n) is 1.72. The molecule has 0 heterocycles. The van der Waals surface area contributed by atoms with Crippen LogP contribution < -0.4 is 5.32 Å². The average Bonchev–Trinajstić information content (AvgIpc) is 2.34. The normalized spacial score (nSPS) is 11.8. The van der Waals surface area contributed by atoms with Gasteiger partial charge >= 0.3 is 5.51 Å². The molecule has 0 spiro atoms. The van der Waals surface area contributed by atoms with Gasteiger partial charge in [0.1, 0.15) is 0 Å². The number of benzene rings is 1. The van der Waals surface area contributed by atoms with E-state index >= 15 is 0 Å². The topological polar surface area (TPSA) is 12.0 Å². The lowest BCUT2D eigenvalue weighted by Crippen LogP contribution is -2.14. The number of rotatable bonds is 8. The van der Waals surface area contributed by atoms with E-state index < -0.39 is 5.51 Å². The molecule has 0 radical (unpaired) electrons. The number of hydrogen-bond acceptors (Lipinski definition) is 2. The summed E-state index contributed by atoms with van der Waals surface area (Å²) in [6, 6.07) is 6.53. The van der Waals surface area contributed by atoms with Gasteiger partial charge in [-0.1, -0.05) is 38.3 Å². The molecule has 19 heavy (non-hydrogen) atoms. The second-order valence-corrected chi connectivity index (χ2v) is 5.57. The SMILES string of the molecule is CCCCCCNCc1ccc(SC(F)(F)F)cc1. The van der Waals surface area contributed by atoms with Crippen molar-refractivity contribution < 1.29 is 13.2 Å². The van der Waals surface area contributed by atoms with Crippen LogP contribution in [0.3, 0.4) is 0 Å². The number of nitrogens with one attached hydrogen (secondary N) is 1. The van der Waals surface area contributed by atoms with Crippen molar-refractivity contribution in [2.45, 2.75) is 49.6 Å². The quantitative estimate of drug-likeness (QED) is 0.536. The number of hydrogen-bond donors (Lipinski definition) is 1. The van der Waals surface area contributed by atoms with Gasteiger partial charge in [-0.3, -0.25) is 0 Å². The third-order valence-corrected chi connectivity index (χ3v) is 3.43. The fourth-order valence-corrected chi connectivity index (χ4v) is 2.26. The van der Waals surface area contributed by atoms with Crippen LogP contribution in [0.15, 0.2) is 29.2 Å². The molecule has 0 aromatic heterocycles. The van der Waals surface area contributed by atoms with Crippen molar-refractivity contribution in [3.63, 3.8) is 0 Å². The van der Waals surface area contributed by atoms with E-state index in [0.29, 0.717) is 6.54 Å². The second kappa shape index (κ2) is 8.48. The molecule has 1 nitrogen and oxygen atoms in total. The second-order valence-electron chi connectivity index (χ2n) is 4.43. The molecule has 0 amide bonds. The molecule has 108 valence electrons. The van der Waals surface area contributed by atoms with Gasteiger partial charge < -0.3 is 5.32 Å². The first-order valence-electron chi connectivity index (χ1n) is 6.56. The van der Waals surface area contributed by atoms with Gasteiger partial charge in [0.25, 0.3) is 0 Å². The number of halogens is 3. The molecule has 0 atom stereocenters. The van der Waals surface area contributed by atoms with Crippen LogP contribution in [0.25, 0.3) is 0 Å². The molecule has 1 aromatic rings. The van der Waals surface area contributed by atoms with Crippen molar-refractivity contribution in [2.24, 2.45) is 0 Å². The molecule has 1 aromatic carbocycles. The van der Waals surface area contributed by atoms with E-state index in [1.54, 1.807) is 12.1 Å². The van der Waals surface area contributed by atoms with E-state index in [1.165, 1.54) is 31.4 Å². The maximum atomic E-state index is 12.1. The summed E-state index contributed by atoms with van der Waals surface area (Å²) in [5.74, 6) is 0. The number of alkyl halides is 3. The highest BCUT2D eigenvalue weighted by atomic mass is 32.2. The lowest BCUT2D eigenvalue weighted by molar-refractivity contribution is -0.0328. The fraction of sp³-hybridized carbons (Fsp3) is 0.571. The Balaban J connectivity index is 2.25. The Kier molecular flexibility index (Phi) is 7.31. The van der Waals surface area contributed by atoms with Crippen LogP contribution in [0.1, 0.15) is 38.2 Å². The molecule has 1 rings (SSSR count).